The molecule has 6 heteroatoms. The third-order valence-corrected chi connectivity index (χ3v) is 4.76. The van der Waals surface area contributed by atoms with Crippen molar-refractivity contribution in [2.45, 2.75) is 52.1 Å². The first-order valence-electron chi connectivity index (χ1n) is 8.82. The number of amides is 1. The Morgan fingerprint density at radius 1 is 1.40 bits per heavy atom. The number of aryl methyl sites for hydroxylation is 1. The summed E-state index contributed by atoms with van der Waals surface area (Å²) < 4.78 is 21.0. The molecule has 134 valence electrons. The van der Waals surface area contributed by atoms with E-state index >= 15 is 0 Å². The lowest BCUT2D eigenvalue weighted by Crippen LogP contribution is -2.32. The summed E-state index contributed by atoms with van der Waals surface area (Å²) in [7, 11) is 0. The Kier molecular flexibility index (Phi) is 5.06. The van der Waals surface area contributed by atoms with Gasteiger partial charge < -0.3 is 10.1 Å². The van der Waals surface area contributed by atoms with Gasteiger partial charge in [-0.05, 0) is 44.0 Å². The third-order valence-electron chi connectivity index (χ3n) is 4.76. The highest BCUT2D eigenvalue weighted by atomic mass is 19.1. The minimum absolute atomic E-state index is 0.241. The van der Waals surface area contributed by atoms with Crippen molar-refractivity contribution in [3.63, 3.8) is 0 Å². The molecule has 25 heavy (non-hydrogen) atoms. The number of nitrogens with zero attached hydrogens (tertiary/aromatic N) is 2. The number of halogens is 1. The number of fused-ring (bicyclic) bond motifs is 1. The van der Waals surface area contributed by atoms with Crippen LogP contribution >= 0.6 is 0 Å². The SMILES string of the molecule is CCC(CC)n1nc(C(=O)N[C@H]2CCOc3ccc(F)cc32)cc1C. The lowest BCUT2D eigenvalue weighted by molar-refractivity contribution is 0.0918. The van der Waals surface area contributed by atoms with Crippen molar-refractivity contribution >= 4 is 5.91 Å². The fourth-order valence-corrected chi connectivity index (χ4v) is 3.35. The van der Waals surface area contributed by atoms with Crippen LogP contribution in [0.15, 0.2) is 24.3 Å². The van der Waals surface area contributed by atoms with E-state index in [0.29, 0.717) is 36.1 Å². The first kappa shape index (κ1) is 17.5. The quantitative estimate of drug-likeness (QED) is 0.893. The molecule has 1 aromatic carbocycles. The molecule has 1 atom stereocenters. The van der Waals surface area contributed by atoms with Gasteiger partial charge in [-0.3, -0.25) is 9.48 Å². The lowest BCUT2D eigenvalue weighted by Gasteiger charge is -2.26. The van der Waals surface area contributed by atoms with Gasteiger partial charge in [0.15, 0.2) is 0 Å². The molecule has 0 saturated heterocycles. The number of rotatable bonds is 5. The molecular weight excluding hydrogens is 321 g/mol. The number of carbonyl (C=O) groups excluding carboxylic acids is 1. The van der Waals surface area contributed by atoms with Gasteiger partial charge in [0.05, 0.1) is 18.7 Å². The molecular formula is C19H24FN3O2. The fraction of sp³-hybridized carbons (Fsp3) is 0.474. The van der Waals surface area contributed by atoms with Crippen LogP contribution in [0.3, 0.4) is 0 Å². The summed E-state index contributed by atoms with van der Waals surface area (Å²) in [5.74, 6) is 0.0453. The summed E-state index contributed by atoms with van der Waals surface area (Å²) in [6.07, 6.45) is 2.54. The van der Waals surface area contributed by atoms with Gasteiger partial charge in [0.2, 0.25) is 0 Å². The average Bonchev–Trinajstić information content (AvgIpc) is 2.99. The van der Waals surface area contributed by atoms with Crippen LogP contribution in [0.5, 0.6) is 5.75 Å². The summed E-state index contributed by atoms with van der Waals surface area (Å²) in [6.45, 7) is 6.68. The first-order valence-corrected chi connectivity index (χ1v) is 8.82. The second kappa shape index (κ2) is 7.25. The third kappa shape index (κ3) is 3.52. The number of benzene rings is 1. The predicted molar refractivity (Wildman–Crippen MR) is 93.3 cm³/mol. The first-order chi connectivity index (χ1) is 12.0. The molecule has 0 spiro atoms. The van der Waals surface area contributed by atoms with E-state index in [-0.39, 0.29) is 17.8 Å². The molecule has 1 aliphatic rings. The van der Waals surface area contributed by atoms with Gasteiger partial charge in [-0.2, -0.15) is 5.10 Å². The van der Waals surface area contributed by atoms with E-state index in [2.05, 4.69) is 24.3 Å². The number of ether oxygens (including phenoxy) is 1. The molecule has 3 rings (SSSR count). The Hall–Kier alpha value is -2.37. The van der Waals surface area contributed by atoms with E-state index in [1.807, 2.05) is 11.6 Å². The molecule has 1 aliphatic heterocycles. The van der Waals surface area contributed by atoms with E-state index in [0.717, 1.165) is 18.5 Å². The normalized spacial score (nSPS) is 16.4. The molecule has 0 unspecified atom stereocenters. The van der Waals surface area contributed by atoms with Crippen LogP contribution < -0.4 is 10.1 Å². The van der Waals surface area contributed by atoms with Crippen molar-refractivity contribution in [3.05, 3.63) is 47.0 Å². The molecule has 1 N–H and O–H groups in total. The highest BCUT2D eigenvalue weighted by Crippen LogP contribution is 2.32. The van der Waals surface area contributed by atoms with Crippen LogP contribution in [0, 0.1) is 12.7 Å². The number of hydrogen-bond donors (Lipinski definition) is 1. The maximum absolute atomic E-state index is 13.6. The van der Waals surface area contributed by atoms with Crippen LogP contribution in [0.2, 0.25) is 0 Å². The maximum atomic E-state index is 13.6. The zero-order valence-electron chi connectivity index (χ0n) is 14.9. The number of hydrogen-bond acceptors (Lipinski definition) is 3. The lowest BCUT2D eigenvalue weighted by atomic mass is 10.00. The molecule has 0 saturated carbocycles. The van der Waals surface area contributed by atoms with Gasteiger partial charge in [-0.15, -0.1) is 0 Å². The Balaban J connectivity index is 1.80. The Morgan fingerprint density at radius 3 is 2.88 bits per heavy atom. The van der Waals surface area contributed by atoms with E-state index in [1.54, 1.807) is 12.1 Å². The van der Waals surface area contributed by atoms with Crippen LogP contribution in [-0.4, -0.2) is 22.3 Å². The second-order valence-corrected chi connectivity index (χ2v) is 6.43. The molecule has 2 aromatic rings. The minimum atomic E-state index is -0.336. The number of carbonyl (C=O) groups is 1. The topological polar surface area (TPSA) is 56.2 Å². The Labute approximate surface area is 147 Å². The smallest absolute Gasteiger partial charge is 0.272 e. The monoisotopic (exact) mass is 345 g/mol. The molecule has 1 amide bonds. The molecule has 0 fully saturated rings. The fourth-order valence-electron chi connectivity index (χ4n) is 3.35. The average molecular weight is 345 g/mol. The van der Waals surface area contributed by atoms with Gasteiger partial charge >= 0.3 is 0 Å². The maximum Gasteiger partial charge on any atom is 0.272 e. The zero-order chi connectivity index (χ0) is 18.0. The number of aromatic nitrogens is 2. The van der Waals surface area contributed by atoms with Crippen molar-refractivity contribution < 1.29 is 13.9 Å². The summed E-state index contributed by atoms with van der Waals surface area (Å²) in [6, 6.07) is 6.22. The van der Waals surface area contributed by atoms with Gasteiger partial charge in [0.1, 0.15) is 17.3 Å². The van der Waals surface area contributed by atoms with Crippen molar-refractivity contribution in [2.75, 3.05) is 6.61 Å². The van der Waals surface area contributed by atoms with Crippen LogP contribution in [0.25, 0.3) is 0 Å². The molecule has 5 nitrogen and oxygen atoms in total. The van der Waals surface area contributed by atoms with E-state index in [9.17, 15) is 9.18 Å². The summed E-state index contributed by atoms with van der Waals surface area (Å²) >= 11 is 0. The van der Waals surface area contributed by atoms with Crippen molar-refractivity contribution in [3.8, 4) is 5.75 Å². The van der Waals surface area contributed by atoms with Gasteiger partial charge in [0.25, 0.3) is 5.91 Å². The second-order valence-electron chi connectivity index (χ2n) is 6.43. The van der Waals surface area contributed by atoms with Crippen molar-refractivity contribution in [1.82, 2.24) is 15.1 Å². The van der Waals surface area contributed by atoms with Gasteiger partial charge in [-0.25, -0.2) is 4.39 Å². The Bertz CT molecular complexity index is 768. The summed E-state index contributed by atoms with van der Waals surface area (Å²) in [5, 5.41) is 7.46. The highest BCUT2D eigenvalue weighted by molar-refractivity contribution is 5.92. The summed E-state index contributed by atoms with van der Waals surface area (Å²) in [5.41, 5.74) is 2.04. The van der Waals surface area contributed by atoms with Crippen molar-refractivity contribution in [2.24, 2.45) is 0 Å². The highest BCUT2D eigenvalue weighted by Gasteiger charge is 2.25. The largest absolute Gasteiger partial charge is 0.493 e. The molecule has 2 heterocycles. The van der Waals surface area contributed by atoms with Gasteiger partial charge in [0, 0.05) is 17.7 Å². The molecule has 0 aliphatic carbocycles. The van der Waals surface area contributed by atoms with Crippen LogP contribution in [0.4, 0.5) is 4.39 Å². The van der Waals surface area contributed by atoms with Crippen LogP contribution in [-0.2, 0) is 0 Å². The number of nitrogens with one attached hydrogen (secondary N) is 1. The zero-order valence-corrected chi connectivity index (χ0v) is 14.9. The van der Waals surface area contributed by atoms with Crippen LogP contribution in [0.1, 0.15) is 66.9 Å². The van der Waals surface area contributed by atoms with E-state index in [1.165, 1.54) is 12.1 Å². The predicted octanol–water partition coefficient (Wildman–Crippen LogP) is 3.95. The van der Waals surface area contributed by atoms with Gasteiger partial charge in [-0.1, -0.05) is 13.8 Å². The summed E-state index contributed by atoms with van der Waals surface area (Å²) in [4.78, 5) is 12.7. The molecule has 1 aromatic heterocycles. The Morgan fingerprint density at radius 2 is 2.16 bits per heavy atom. The standard InChI is InChI=1S/C19H24FN3O2/c1-4-14(5-2)23-12(3)10-17(22-23)19(24)21-16-8-9-25-18-7-6-13(20)11-15(16)18/h6-7,10-11,14,16H,4-5,8-9H2,1-3H3,(H,21,24)/t16-/m0/s1. The van der Waals surface area contributed by atoms with E-state index < -0.39 is 0 Å². The molecule has 0 bridgehead atoms. The van der Waals surface area contributed by atoms with E-state index in [4.69, 9.17) is 4.74 Å². The minimum Gasteiger partial charge on any atom is -0.493 e. The van der Waals surface area contributed by atoms with Crippen molar-refractivity contribution in [1.29, 1.82) is 0 Å². The molecule has 0 radical (unpaired) electrons.